The van der Waals surface area contributed by atoms with Crippen LogP contribution in [0.5, 0.6) is 5.75 Å². The average Bonchev–Trinajstić information content (AvgIpc) is 3.22. The van der Waals surface area contributed by atoms with E-state index in [1.807, 2.05) is 30.5 Å². The van der Waals surface area contributed by atoms with Crippen LogP contribution in [0.3, 0.4) is 0 Å². The number of Topliss-reactive ketones (excluding diaryl/α,β-unsaturated/α-hetero) is 1. The zero-order chi connectivity index (χ0) is 17.7. The standard InChI is InChI=1S/C20H20N4O2/c1-11-8-12(6-7-21-11)20-22-10-16-14(24-20)9-15(23-16)19-18(25)13-4-2-3-5-17(13)26-19/h2-5,9-12,19,21,23H,6-8H2,1H3. The second kappa shape index (κ2) is 5.92. The molecule has 2 aliphatic rings. The molecule has 1 fully saturated rings. The van der Waals surface area contributed by atoms with E-state index in [1.165, 1.54) is 0 Å². The van der Waals surface area contributed by atoms with Crippen LogP contribution in [-0.4, -0.2) is 33.3 Å². The number of H-pyrrole nitrogens is 1. The molecule has 0 radical (unpaired) electrons. The van der Waals surface area contributed by atoms with Gasteiger partial charge in [0.2, 0.25) is 11.9 Å². The highest BCUT2D eigenvalue weighted by Gasteiger charge is 2.34. The SMILES string of the molecule is CC1CC(c2ncc3[nH]c(C4Oc5ccccc5C4=O)cc3n2)CCN1. The summed E-state index contributed by atoms with van der Waals surface area (Å²) < 4.78 is 5.86. The average molecular weight is 348 g/mol. The number of aromatic nitrogens is 3. The zero-order valence-corrected chi connectivity index (χ0v) is 14.5. The molecule has 132 valence electrons. The van der Waals surface area contributed by atoms with E-state index >= 15 is 0 Å². The molecule has 3 atom stereocenters. The molecule has 0 spiro atoms. The lowest BCUT2D eigenvalue weighted by atomic mass is 9.92. The molecule has 2 aromatic heterocycles. The Kier molecular flexibility index (Phi) is 3.53. The minimum atomic E-state index is -0.635. The summed E-state index contributed by atoms with van der Waals surface area (Å²) in [4.78, 5) is 25.2. The third kappa shape index (κ3) is 2.49. The van der Waals surface area contributed by atoms with Crippen LogP contribution < -0.4 is 10.1 Å². The molecule has 1 aromatic carbocycles. The maximum atomic E-state index is 12.6. The third-order valence-electron chi connectivity index (χ3n) is 5.31. The highest BCUT2D eigenvalue weighted by molar-refractivity contribution is 6.05. The Hall–Kier alpha value is -2.73. The summed E-state index contributed by atoms with van der Waals surface area (Å²) in [5, 5.41) is 3.46. The van der Waals surface area contributed by atoms with Gasteiger partial charge < -0.3 is 15.0 Å². The first-order valence-electron chi connectivity index (χ1n) is 9.08. The van der Waals surface area contributed by atoms with Gasteiger partial charge in [0, 0.05) is 12.0 Å². The van der Waals surface area contributed by atoms with Crippen LogP contribution in [0.25, 0.3) is 11.0 Å². The Bertz CT molecular complexity index is 996. The largest absolute Gasteiger partial charge is 0.475 e. The van der Waals surface area contributed by atoms with Crippen molar-refractivity contribution in [2.24, 2.45) is 0 Å². The van der Waals surface area contributed by atoms with E-state index in [0.29, 0.717) is 23.3 Å². The number of benzene rings is 1. The number of carbonyl (C=O) groups is 1. The zero-order valence-electron chi connectivity index (χ0n) is 14.5. The van der Waals surface area contributed by atoms with Crippen molar-refractivity contribution in [2.45, 2.75) is 37.8 Å². The number of rotatable bonds is 2. The number of ketones is 1. The highest BCUT2D eigenvalue weighted by Crippen LogP contribution is 2.37. The Morgan fingerprint density at radius 1 is 1.27 bits per heavy atom. The number of aromatic amines is 1. The van der Waals surface area contributed by atoms with Crippen molar-refractivity contribution in [3.8, 4) is 5.75 Å². The fourth-order valence-electron chi connectivity index (χ4n) is 3.96. The van der Waals surface area contributed by atoms with E-state index < -0.39 is 6.10 Å². The van der Waals surface area contributed by atoms with E-state index in [4.69, 9.17) is 9.72 Å². The van der Waals surface area contributed by atoms with Gasteiger partial charge in [-0.05, 0) is 44.5 Å². The van der Waals surface area contributed by atoms with Crippen molar-refractivity contribution < 1.29 is 9.53 Å². The molecule has 3 unspecified atom stereocenters. The Balaban J connectivity index is 1.47. The fraction of sp³-hybridized carbons (Fsp3) is 0.350. The predicted octanol–water partition coefficient (Wildman–Crippen LogP) is 3.13. The van der Waals surface area contributed by atoms with Gasteiger partial charge in [0.25, 0.3) is 0 Å². The van der Waals surface area contributed by atoms with Crippen LogP contribution in [0.4, 0.5) is 0 Å². The number of nitrogens with one attached hydrogen (secondary N) is 2. The summed E-state index contributed by atoms with van der Waals surface area (Å²) in [7, 11) is 0. The van der Waals surface area contributed by atoms with Gasteiger partial charge in [-0.15, -0.1) is 0 Å². The topological polar surface area (TPSA) is 79.9 Å². The molecule has 6 nitrogen and oxygen atoms in total. The van der Waals surface area contributed by atoms with Crippen LogP contribution >= 0.6 is 0 Å². The smallest absolute Gasteiger partial charge is 0.213 e. The van der Waals surface area contributed by atoms with Crippen molar-refractivity contribution in [3.63, 3.8) is 0 Å². The van der Waals surface area contributed by atoms with Gasteiger partial charge >= 0.3 is 0 Å². The lowest BCUT2D eigenvalue weighted by Crippen LogP contribution is -2.35. The third-order valence-corrected chi connectivity index (χ3v) is 5.31. The summed E-state index contributed by atoms with van der Waals surface area (Å²) >= 11 is 0. The van der Waals surface area contributed by atoms with Crippen molar-refractivity contribution in [3.05, 3.63) is 53.6 Å². The quantitative estimate of drug-likeness (QED) is 0.744. The molecule has 5 rings (SSSR count). The van der Waals surface area contributed by atoms with Crippen molar-refractivity contribution in [1.29, 1.82) is 0 Å². The highest BCUT2D eigenvalue weighted by atomic mass is 16.5. The predicted molar refractivity (Wildman–Crippen MR) is 97.5 cm³/mol. The molecule has 6 heteroatoms. The number of fused-ring (bicyclic) bond motifs is 2. The molecule has 3 aromatic rings. The number of hydrogen-bond acceptors (Lipinski definition) is 5. The number of ether oxygens (including phenoxy) is 1. The first kappa shape index (κ1) is 15.5. The van der Waals surface area contributed by atoms with Crippen LogP contribution in [0.1, 0.15) is 53.7 Å². The van der Waals surface area contributed by atoms with Gasteiger partial charge in [0.1, 0.15) is 11.6 Å². The first-order valence-corrected chi connectivity index (χ1v) is 9.08. The maximum absolute atomic E-state index is 12.6. The molecule has 0 saturated carbocycles. The number of hydrogen-bond donors (Lipinski definition) is 2. The van der Waals surface area contributed by atoms with Crippen LogP contribution in [-0.2, 0) is 0 Å². The summed E-state index contributed by atoms with van der Waals surface area (Å²) in [5.74, 6) is 1.88. The molecule has 2 N–H and O–H groups in total. The number of para-hydroxylation sites is 1. The molecule has 0 aliphatic carbocycles. The van der Waals surface area contributed by atoms with Crippen LogP contribution in [0.2, 0.25) is 0 Å². The molecule has 0 amide bonds. The van der Waals surface area contributed by atoms with Crippen molar-refractivity contribution in [2.75, 3.05) is 6.54 Å². The van der Waals surface area contributed by atoms with Crippen molar-refractivity contribution in [1.82, 2.24) is 20.3 Å². The second-order valence-electron chi connectivity index (χ2n) is 7.19. The lowest BCUT2D eigenvalue weighted by Gasteiger charge is -2.26. The minimum Gasteiger partial charge on any atom is -0.475 e. The molecule has 4 heterocycles. The Labute approximate surface area is 151 Å². The van der Waals surface area contributed by atoms with Crippen LogP contribution in [0.15, 0.2) is 36.5 Å². The summed E-state index contributed by atoms with van der Waals surface area (Å²) in [6.45, 7) is 3.19. The normalized spacial score (nSPS) is 25.3. The van der Waals surface area contributed by atoms with Gasteiger partial charge in [-0.1, -0.05) is 12.1 Å². The lowest BCUT2D eigenvalue weighted by molar-refractivity contribution is 0.0854. The molecule has 26 heavy (non-hydrogen) atoms. The summed E-state index contributed by atoms with van der Waals surface area (Å²) in [6, 6.07) is 9.75. The Morgan fingerprint density at radius 2 is 2.15 bits per heavy atom. The fourth-order valence-corrected chi connectivity index (χ4v) is 3.96. The van der Waals surface area contributed by atoms with Gasteiger partial charge in [-0.3, -0.25) is 4.79 Å². The summed E-state index contributed by atoms with van der Waals surface area (Å²) in [6.07, 6.45) is 3.28. The molecule has 0 bridgehead atoms. The van der Waals surface area contributed by atoms with E-state index in [9.17, 15) is 4.79 Å². The molecule has 1 saturated heterocycles. The van der Waals surface area contributed by atoms with Gasteiger partial charge in [0.05, 0.1) is 28.5 Å². The van der Waals surface area contributed by atoms with Crippen molar-refractivity contribution >= 4 is 16.8 Å². The molecular weight excluding hydrogens is 328 g/mol. The second-order valence-corrected chi connectivity index (χ2v) is 7.19. The van der Waals surface area contributed by atoms with E-state index in [0.717, 1.165) is 41.9 Å². The maximum Gasteiger partial charge on any atom is 0.213 e. The summed E-state index contributed by atoms with van der Waals surface area (Å²) in [5.41, 5.74) is 3.03. The molecule has 2 aliphatic heterocycles. The first-order chi connectivity index (χ1) is 12.7. The number of carbonyl (C=O) groups excluding carboxylic acids is 1. The molecular formula is C20H20N4O2. The minimum absolute atomic E-state index is 0.0208. The van der Waals surface area contributed by atoms with Crippen LogP contribution in [0, 0.1) is 0 Å². The number of piperidine rings is 1. The van der Waals surface area contributed by atoms with E-state index in [1.54, 1.807) is 6.07 Å². The number of nitrogens with zero attached hydrogens (tertiary/aromatic N) is 2. The Morgan fingerprint density at radius 3 is 3.00 bits per heavy atom. The van der Waals surface area contributed by atoms with E-state index in [2.05, 4.69) is 22.2 Å². The van der Waals surface area contributed by atoms with Gasteiger partial charge in [-0.2, -0.15) is 0 Å². The monoisotopic (exact) mass is 348 g/mol. The van der Waals surface area contributed by atoms with Gasteiger partial charge in [0.15, 0.2) is 0 Å². The van der Waals surface area contributed by atoms with Gasteiger partial charge in [-0.25, -0.2) is 9.97 Å². The van der Waals surface area contributed by atoms with E-state index in [-0.39, 0.29) is 5.78 Å².